The molecule has 0 spiro atoms. The van der Waals surface area contributed by atoms with E-state index in [2.05, 4.69) is 5.32 Å². The lowest BCUT2D eigenvalue weighted by Crippen LogP contribution is -2.44. The highest BCUT2D eigenvalue weighted by atomic mass is 35.5. The van der Waals surface area contributed by atoms with Crippen LogP contribution < -0.4 is 5.32 Å². The largest absolute Gasteiger partial charge is 0.342 e. The molecule has 0 unspecified atom stereocenters. The summed E-state index contributed by atoms with van der Waals surface area (Å²) in [7, 11) is -0.321. The van der Waals surface area contributed by atoms with Crippen LogP contribution in [0.2, 0.25) is 5.02 Å². The van der Waals surface area contributed by atoms with E-state index >= 15 is 0 Å². The minimum Gasteiger partial charge on any atom is -0.342 e. The molecular weight excluding hydrogens is 362 g/mol. The molecule has 0 atom stereocenters. The standard InChI is InChI=1S/C17H26ClN3O3S/c1-19-10-7-14-8-11-21(12-9-14)17(22)13-20(2)25(23,24)16-5-3-15(18)4-6-16/h3-6,14,19H,7-13H2,1-2H3. The zero-order chi connectivity index (χ0) is 18.4. The first-order valence-electron chi connectivity index (χ1n) is 8.49. The number of halogens is 1. The van der Waals surface area contributed by atoms with Gasteiger partial charge in [-0.1, -0.05) is 11.6 Å². The molecule has 8 heteroatoms. The number of carbonyl (C=O) groups excluding carboxylic acids is 1. The van der Waals surface area contributed by atoms with Gasteiger partial charge in [0.25, 0.3) is 0 Å². The molecule has 140 valence electrons. The van der Waals surface area contributed by atoms with E-state index in [-0.39, 0.29) is 17.3 Å². The summed E-state index contributed by atoms with van der Waals surface area (Å²) in [6.45, 7) is 2.23. The van der Waals surface area contributed by atoms with Crippen LogP contribution in [0.25, 0.3) is 0 Å². The number of carbonyl (C=O) groups is 1. The van der Waals surface area contributed by atoms with Gasteiger partial charge < -0.3 is 10.2 Å². The average Bonchev–Trinajstić information content (AvgIpc) is 2.60. The van der Waals surface area contributed by atoms with Crippen LogP contribution in [0.4, 0.5) is 0 Å². The van der Waals surface area contributed by atoms with E-state index in [1.54, 1.807) is 4.90 Å². The number of nitrogens with zero attached hydrogens (tertiary/aromatic N) is 2. The monoisotopic (exact) mass is 387 g/mol. The molecule has 0 aromatic heterocycles. The number of benzene rings is 1. The number of sulfonamides is 1. The number of likely N-dealkylation sites (N-methyl/N-ethyl adjacent to an activating group) is 1. The number of likely N-dealkylation sites (tertiary alicyclic amines) is 1. The van der Waals surface area contributed by atoms with Crippen molar-refractivity contribution in [2.24, 2.45) is 5.92 Å². The van der Waals surface area contributed by atoms with Gasteiger partial charge in [0.1, 0.15) is 0 Å². The third kappa shape index (κ3) is 5.41. The van der Waals surface area contributed by atoms with Gasteiger partial charge in [-0.05, 0) is 63.0 Å². The van der Waals surface area contributed by atoms with Crippen molar-refractivity contribution in [3.63, 3.8) is 0 Å². The van der Waals surface area contributed by atoms with Crippen LogP contribution >= 0.6 is 11.6 Å². The predicted octanol–water partition coefficient (Wildman–Crippen LogP) is 1.81. The Labute approximate surface area is 155 Å². The summed E-state index contributed by atoms with van der Waals surface area (Å²) in [5.41, 5.74) is 0. The molecule has 1 aliphatic heterocycles. The fourth-order valence-corrected chi connectivity index (χ4v) is 4.23. The summed E-state index contributed by atoms with van der Waals surface area (Å²) in [5.74, 6) is 0.485. The van der Waals surface area contributed by atoms with Crippen molar-refractivity contribution in [2.45, 2.75) is 24.2 Å². The molecule has 0 aliphatic carbocycles. The Kier molecular flexibility index (Phi) is 7.25. The van der Waals surface area contributed by atoms with Gasteiger partial charge in [-0.15, -0.1) is 0 Å². The molecule has 1 amide bonds. The minimum atomic E-state index is -3.69. The van der Waals surface area contributed by atoms with Crippen molar-refractivity contribution in [3.05, 3.63) is 29.3 Å². The molecule has 25 heavy (non-hydrogen) atoms. The maximum atomic E-state index is 12.5. The van der Waals surface area contributed by atoms with Crippen LogP contribution in [0.5, 0.6) is 0 Å². The molecule has 2 rings (SSSR count). The van der Waals surface area contributed by atoms with Gasteiger partial charge in [0.05, 0.1) is 11.4 Å². The Bertz CT molecular complexity index is 671. The third-order valence-electron chi connectivity index (χ3n) is 4.65. The zero-order valence-electron chi connectivity index (χ0n) is 14.7. The van der Waals surface area contributed by atoms with Crippen LogP contribution in [0, 0.1) is 5.92 Å². The quantitative estimate of drug-likeness (QED) is 0.774. The second kappa shape index (κ2) is 8.98. The van der Waals surface area contributed by atoms with Crippen molar-refractivity contribution in [2.75, 3.05) is 40.3 Å². The van der Waals surface area contributed by atoms with E-state index in [0.717, 1.165) is 30.1 Å². The van der Waals surface area contributed by atoms with E-state index in [4.69, 9.17) is 11.6 Å². The molecule has 1 heterocycles. The lowest BCUT2D eigenvalue weighted by atomic mass is 9.93. The van der Waals surface area contributed by atoms with Crippen molar-refractivity contribution in [1.82, 2.24) is 14.5 Å². The molecule has 0 saturated carbocycles. The van der Waals surface area contributed by atoms with E-state index < -0.39 is 10.0 Å². The highest BCUT2D eigenvalue weighted by Crippen LogP contribution is 2.21. The SMILES string of the molecule is CNCCC1CCN(C(=O)CN(C)S(=O)(=O)c2ccc(Cl)cc2)CC1. The predicted molar refractivity (Wildman–Crippen MR) is 99.1 cm³/mol. The second-order valence-electron chi connectivity index (χ2n) is 6.43. The maximum absolute atomic E-state index is 12.5. The van der Waals surface area contributed by atoms with Crippen molar-refractivity contribution >= 4 is 27.5 Å². The average molecular weight is 388 g/mol. The zero-order valence-corrected chi connectivity index (χ0v) is 16.3. The molecule has 0 radical (unpaired) electrons. The smallest absolute Gasteiger partial charge is 0.243 e. The fraction of sp³-hybridized carbons (Fsp3) is 0.588. The third-order valence-corrected chi connectivity index (χ3v) is 6.72. The Balaban J connectivity index is 1.91. The summed E-state index contributed by atoms with van der Waals surface area (Å²) in [5, 5.41) is 3.62. The topological polar surface area (TPSA) is 69.7 Å². The number of nitrogens with one attached hydrogen (secondary N) is 1. The Hall–Kier alpha value is -1.15. The van der Waals surface area contributed by atoms with Crippen molar-refractivity contribution in [3.8, 4) is 0 Å². The molecule has 0 bridgehead atoms. The summed E-state index contributed by atoms with van der Waals surface area (Å²) in [6, 6.07) is 5.96. The highest BCUT2D eigenvalue weighted by Gasteiger charge is 2.27. The Morgan fingerprint density at radius 3 is 2.44 bits per heavy atom. The van der Waals surface area contributed by atoms with Crippen LogP contribution in [0.1, 0.15) is 19.3 Å². The number of hydrogen-bond acceptors (Lipinski definition) is 4. The number of rotatable bonds is 7. The Morgan fingerprint density at radius 2 is 1.88 bits per heavy atom. The van der Waals surface area contributed by atoms with Gasteiger partial charge >= 0.3 is 0 Å². The van der Waals surface area contributed by atoms with Crippen molar-refractivity contribution < 1.29 is 13.2 Å². The first-order valence-corrected chi connectivity index (χ1v) is 10.3. The Morgan fingerprint density at radius 1 is 1.28 bits per heavy atom. The minimum absolute atomic E-state index is 0.137. The van der Waals surface area contributed by atoms with E-state index in [1.165, 1.54) is 31.3 Å². The normalized spacial score (nSPS) is 16.4. The van der Waals surface area contributed by atoms with Gasteiger partial charge in [-0.25, -0.2) is 8.42 Å². The summed E-state index contributed by atoms with van der Waals surface area (Å²) in [6.07, 6.45) is 3.06. The number of piperidine rings is 1. The summed E-state index contributed by atoms with van der Waals surface area (Å²) < 4.78 is 26.2. The van der Waals surface area contributed by atoms with Crippen LogP contribution in [0.15, 0.2) is 29.2 Å². The highest BCUT2D eigenvalue weighted by molar-refractivity contribution is 7.89. The molecule has 1 fully saturated rings. The first-order chi connectivity index (χ1) is 11.8. The van der Waals surface area contributed by atoms with E-state index in [9.17, 15) is 13.2 Å². The molecule has 1 saturated heterocycles. The molecular formula is C17H26ClN3O3S. The van der Waals surface area contributed by atoms with Crippen molar-refractivity contribution in [1.29, 1.82) is 0 Å². The molecule has 6 nitrogen and oxygen atoms in total. The van der Waals surface area contributed by atoms with Gasteiger partial charge in [-0.2, -0.15) is 4.31 Å². The van der Waals surface area contributed by atoms with Crippen LogP contribution in [0.3, 0.4) is 0 Å². The number of amides is 1. The van der Waals surface area contributed by atoms with Gasteiger partial charge in [0.2, 0.25) is 15.9 Å². The lowest BCUT2D eigenvalue weighted by Gasteiger charge is -2.33. The van der Waals surface area contributed by atoms with Gasteiger partial charge in [0, 0.05) is 25.2 Å². The first kappa shape index (κ1) is 20.2. The summed E-state index contributed by atoms with van der Waals surface area (Å²) in [4.78, 5) is 14.4. The van der Waals surface area contributed by atoms with Crippen LogP contribution in [-0.4, -0.2) is 63.8 Å². The lowest BCUT2D eigenvalue weighted by molar-refractivity contribution is -0.132. The molecule has 1 aliphatic rings. The second-order valence-corrected chi connectivity index (χ2v) is 8.91. The number of hydrogen-bond donors (Lipinski definition) is 1. The summed E-state index contributed by atoms with van der Waals surface area (Å²) >= 11 is 5.80. The van der Waals surface area contributed by atoms with Crippen LogP contribution in [-0.2, 0) is 14.8 Å². The van der Waals surface area contributed by atoms with E-state index in [0.29, 0.717) is 24.0 Å². The fourth-order valence-electron chi connectivity index (χ4n) is 2.98. The maximum Gasteiger partial charge on any atom is 0.243 e. The van der Waals surface area contributed by atoms with Gasteiger partial charge in [0.15, 0.2) is 0 Å². The molecule has 1 aromatic rings. The molecule has 1 N–H and O–H groups in total. The van der Waals surface area contributed by atoms with Gasteiger partial charge in [-0.3, -0.25) is 4.79 Å². The molecule has 1 aromatic carbocycles. The van der Waals surface area contributed by atoms with E-state index in [1.807, 2.05) is 7.05 Å².